The van der Waals surface area contributed by atoms with Gasteiger partial charge in [-0.3, -0.25) is 0 Å². The van der Waals surface area contributed by atoms with E-state index in [2.05, 4.69) is 123 Å². The molecule has 1 nitrogen and oxygen atoms in total. The number of hydrogen-bond acceptors (Lipinski definition) is 1. The van der Waals surface area contributed by atoms with Crippen molar-refractivity contribution in [1.29, 1.82) is 0 Å². The van der Waals surface area contributed by atoms with E-state index >= 15 is 0 Å². The lowest BCUT2D eigenvalue weighted by Crippen LogP contribution is -2.10. The lowest BCUT2D eigenvalue weighted by Gasteiger charge is -2.26. The molecule has 0 radical (unpaired) electrons. The molecule has 0 amide bonds. The summed E-state index contributed by atoms with van der Waals surface area (Å²) in [4.78, 5) is 2.32. The number of anilines is 3. The Morgan fingerprint density at radius 1 is 0.552 bits per heavy atom. The van der Waals surface area contributed by atoms with E-state index < -0.39 is 0 Å². The zero-order valence-electron chi connectivity index (χ0n) is 17.4. The van der Waals surface area contributed by atoms with Gasteiger partial charge in [0.25, 0.3) is 0 Å². The summed E-state index contributed by atoms with van der Waals surface area (Å²) in [5, 5.41) is 0. The fourth-order valence-electron chi connectivity index (χ4n) is 3.72. The molecule has 1 heteroatoms. The van der Waals surface area contributed by atoms with Crippen LogP contribution in [0.5, 0.6) is 0 Å². The average Bonchev–Trinajstić information content (AvgIpc) is 2.75. The summed E-state index contributed by atoms with van der Waals surface area (Å²) in [6.45, 7) is 6.47. The molecule has 0 unspecified atom stereocenters. The molecule has 0 saturated heterocycles. The number of benzene rings is 4. The van der Waals surface area contributed by atoms with Crippen molar-refractivity contribution < 1.29 is 0 Å². The number of nitrogens with zero attached hydrogens (tertiary/aromatic N) is 1. The zero-order valence-corrected chi connectivity index (χ0v) is 17.4. The maximum Gasteiger partial charge on any atom is 0.0464 e. The average molecular weight is 378 g/mol. The molecule has 0 atom stereocenters. The first-order valence-corrected chi connectivity index (χ1v) is 10.3. The molecular weight excluding hydrogens is 350 g/mol. The highest BCUT2D eigenvalue weighted by Gasteiger charge is 2.13. The molecule has 0 aliphatic rings. The van der Waals surface area contributed by atoms with Crippen molar-refractivity contribution in [2.75, 3.05) is 4.90 Å². The first-order valence-electron chi connectivity index (χ1n) is 10.3. The highest BCUT2D eigenvalue weighted by atomic mass is 15.1. The van der Waals surface area contributed by atoms with Crippen LogP contribution in [0, 0.1) is 13.8 Å². The van der Waals surface area contributed by atoms with Crippen LogP contribution in [0.4, 0.5) is 17.1 Å². The monoisotopic (exact) mass is 377 g/mol. The molecule has 0 spiro atoms. The van der Waals surface area contributed by atoms with Crippen molar-refractivity contribution >= 4 is 17.1 Å². The van der Waals surface area contributed by atoms with Gasteiger partial charge >= 0.3 is 0 Å². The molecule has 29 heavy (non-hydrogen) atoms. The Hall–Kier alpha value is -3.32. The van der Waals surface area contributed by atoms with Gasteiger partial charge in [0.1, 0.15) is 0 Å². The Bertz CT molecular complexity index is 1050. The van der Waals surface area contributed by atoms with E-state index in [1.807, 2.05) is 0 Å². The SMILES string of the molecule is CCc1ccc(-c2ccc(N(c3cccc(C)c3)c3cccc(C)c3)cc2)cc1. The molecule has 4 aromatic carbocycles. The van der Waals surface area contributed by atoms with Crippen molar-refractivity contribution in [1.82, 2.24) is 0 Å². The molecule has 0 aliphatic heterocycles. The standard InChI is InChI=1S/C28H27N/c1-4-23-11-13-24(14-12-23)25-15-17-26(18-16-25)29(27-9-5-7-21(2)19-27)28-10-6-8-22(3)20-28/h5-20H,4H2,1-3H3. The summed E-state index contributed by atoms with van der Waals surface area (Å²) in [6, 6.07) is 35.1. The van der Waals surface area contributed by atoms with Crippen molar-refractivity contribution in [3.8, 4) is 11.1 Å². The predicted molar refractivity (Wildman–Crippen MR) is 125 cm³/mol. The van der Waals surface area contributed by atoms with Gasteiger partial charge in [0.15, 0.2) is 0 Å². The number of rotatable bonds is 5. The second-order valence-electron chi connectivity index (χ2n) is 7.61. The Morgan fingerprint density at radius 3 is 1.48 bits per heavy atom. The second-order valence-corrected chi connectivity index (χ2v) is 7.61. The summed E-state index contributed by atoms with van der Waals surface area (Å²) in [6.07, 6.45) is 1.07. The van der Waals surface area contributed by atoms with Crippen LogP contribution in [-0.4, -0.2) is 0 Å². The molecule has 0 aromatic heterocycles. The third-order valence-electron chi connectivity index (χ3n) is 5.34. The van der Waals surface area contributed by atoms with Gasteiger partial charge < -0.3 is 4.90 Å². The van der Waals surface area contributed by atoms with Crippen molar-refractivity contribution in [3.63, 3.8) is 0 Å². The molecule has 0 aliphatic carbocycles. The van der Waals surface area contributed by atoms with E-state index in [1.54, 1.807) is 0 Å². The predicted octanol–water partition coefficient (Wildman–Crippen LogP) is 8.00. The topological polar surface area (TPSA) is 3.24 Å². The molecule has 4 rings (SSSR count). The van der Waals surface area contributed by atoms with Gasteiger partial charge in [-0.1, -0.05) is 67.6 Å². The maximum absolute atomic E-state index is 2.32. The molecule has 4 aromatic rings. The smallest absolute Gasteiger partial charge is 0.0464 e. The zero-order chi connectivity index (χ0) is 20.2. The van der Waals surface area contributed by atoms with Gasteiger partial charge in [-0.25, -0.2) is 0 Å². The number of aryl methyl sites for hydroxylation is 3. The summed E-state index contributed by atoms with van der Waals surface area (Å²) in [5.41, 5.74) is 9.90. The summed E-state index contributed by atoms with van der Waals surface area (Å²) >= 11 is 0. The maximum atomic E-state index is 2.32. The van der Waals surface area contributed by atoms with E-state index in [0.29, 0.717) is 0 Å². The van der Waals surface area contributed by atoms with Crippen LogP contribution in [0.15, 0.2) is 97.1 Å². The Balaban J connectivity index is 1.74. The first kappa shape index (κ1) is 19.0. The van der Waals surface area contributed by atoms with E-state index in [1.165, 1.54) is 39.2 Å². The molecule has 0 heterocycles. The highest BCUT2D eigenvalue weighted by molar-refractivity contribution is 5.78. The third-order valence-corrected chi connectivity index (χ3v) is 5.34. The van der Waals surface area contributed by atoms with Gasteiger partial charge in [-0.2, -0.15) is 0 Å². The molecule has 0 saturated carbocycles. The largest absolute Gasteiger partial charge is 0.310 e. The van der Waals surface area contributed by atoms with Crippen LogP contribution in [0.3, 0.4) is 0 Å². The van der Waals surface area contributed by atoms with E-state index in [-0.39, 0.29) is 0 Å². The molecule has 0 fully saturated rings. The fourth-order valence-corrected chi connectivity index (χ4v) is 3.72. The van der Waals surface area contributed by atoms with Crippen LogP contribution in [0.25, 0.3) is 11.1 Å². The molecular formula is C28H27N. The van der Waals surface area contributed by atoms with E-state index in [0.717, 1.165) is 12.1 Å². The minimum atomic E-state index is 1.07. The minimum Gasteiger partial charge on any atom is -0.310 e. The quantitative estimate of drug-likeness (QED) is 0.340. The lowest BCUT2D eigenvalue weighted by atomic mass is 10.0. The normalized spacial score (nSPS) is 10.7. The second kappa shape index (κ2) is 8.36. The van der Waals surface area contributed by atoms with Crippen LogP contribution < -0.4 is 4.90 Å². The number of hydrogen-bond donors (Lipinski definition) is 0. The fraction of sp³-hybridized carbons (Fsp3) is 0.143. The van der Waals surface area contributed by atoms with Gasteiger partial charge in [-0.15, -0.1) is 0 Å². The van der Waals surface area contributed by atoms with Gasteiger partial charge in [0.05, 0.1) is 0 Å². The summed E-state index contributed by atoms with van der Waals surface area (Å²) in [5.74, 6) is 0. The molecule has 0 bridgehead atoms. The van der Waals surface area contributed by atoms with Crippen molar-refractivity contribution in [2.45, 2.75) is 27.2 Å². The van der Waals surface area contributed by atoms with Gasteiger partial charge in [0.2, 0.25) is 0 Å². The third kappa shape index (κ3) is 4.25. The molecule has 0 N–H and O–H groups in total. The van der Waals surface area contributed by atoms with Crippen molar-refractivity contribution in [2.24, 2.45) is 0 Å². The van der Waals surface area contributed by atoms with Crippen LogP contribution >= 0.6 is 0 Å². The Morgan fingerprint density at radius 2 is 1.03 bits per heavy atom. The van der Waals surface area contributed by atoms with Crippen molar-refractivity contribution in [3.05, 3.63) is 114 Å². The summed E-state index contributed by atoms with van der Waals surface area (Å²) < 4.78 is 0. The van der Waals surface area contributed by atoms with Crippen LogP contribution in [0.2, 0.25) is 0 Å². The van der Waals surface area contributed by atoms with Crippen LogP contribution in [0.1, 0.15) is 23.6 Å². The van der Waals surface area contributed by atoms with E-state index in [9.17, 15) is 0 Å². The minimum absolute atomic E-state index is 1.07. The van der Waals surface area contributed by atoms with Crippen LogP contribution in [-0.2, 0) is 6.42 Å². The summed E-state index contributed by atoms with van der Waals surface area (Å²) in [7, 11) is 0. The Labute approximate surface area is 174 Å². The van der Waals surface area contributed by atoms with Gasteiger partial charge in [0, 0.05) is 17.1 Å². The highest BCUT2D eigenvalue weighted by Crippen LogP contribution is 2.36. The first-order chi connectivity index (χ1) is 14.1. The van der Waals surface area contributed by atoms with Gasteiger partial charge in [-0.05, 0) is 84.5 Å². The molecule has 144 valence electrons. The lowest BCUT2D eigenvalue weighted by molar-refractivity contribution is 1.14. The van der Waals surface area contributed by atoms with E-state index in [4.69, 9.17) is 0 Å². The Kier molecular flexibility index (Phi) is 5.48.